The Labute approximate surface area is 157 Å². The minimum atomic E-state index is -0.503. The fourth-order valence-corrected chi connectivity index (χ4v) is 3.33. The minimum Gasteiger partial charge on any atom is -0.481 e. The molecule has 1 atom stereocenters. The number of fused-ring (bicyclic) bond motifs is 1. The number of nitrogens with zero attached hydrogens (tertiary/aromatic N) is 4. The second-order valence-electron chi connectivity index (χ2n) is 7.15. The molecule has 8 nitrogen and oxygen atoms in total. The van der Waals surface area contributed by atoms with Crippen molar-refractivity contribution in [1.82, 2.24) is 19.9 Å². The van der Waals surface area contributed by atoms with E-state index in [-0.39, 0.29) is 5.91 Å². The van der Waals surface area contributed by atoms with Gasteiger partial charge in [0.05, 0.1) is 30.8 Å². The largest absolute Gasteiger partial charge is 0.481 e. The Morgan fingerprint density at radius 2 is 2.26 bits per heavy atom. The summed E-state index contributed by atoms with van der Waals surface area (Å²) < 4.78 is 5.09. The molecular weight excluding hydrogens is 346 g/mol. The Bertz CT molecular complexity index is 872. The summed E-state index contributed by atoms with van der Waals surface area (Å²) in [7, 11) is 1.59. The van der Waals surface area contributed by atoms with E-state index in [0.717, 1.165) is 28.5 Å². The lowest BCUT2D eigenvalue weighted by atomic mass is 10.0. The molecule has 0 spiro atoms. The first-order chi connectivity index (χ1) is 13.0. The lowest BCUT2D eigenvalue weighted by molar-refractivity contribution is -0.143. The number of ether oxygens (including phenoxy) is 1. The van der Waals surface area contributed by atoms with Crippen LogP contribution in [0.25, 0.3) is 11.4 Å². The van der Waals surface area contributed by atoms with Crippen molar-refractivity contribution in [2.24, 2.45) is 11.1 Å². The van der Waals surface area contributed by atoms with Gasteiger partial charge in [-0.25, -0.2) is 9.97 Å². The van der Waals surface area contributed by atoms with E-state index in [1.807, 2.05) is 11.0 Å². The number of pyridine rings is 1. The van der Waals surface area contributed by atoms with Gasteiger partial charge < -0.3 is 19.5 Å². The molecule has 4 rings (SSSR count). The molecule has 2 aromatic heterocycles. The van der Waals surface area contributed by atoms with Gasteiger partial charge in [-0.15, -0.1) is 0 Å². The van der Waals surface area contributed by atoms with Gasteiger partial charge in [0, 0.05) is 37.2 Å². The topological polar surface area (TPSA) is 92.7 Å². The standard InChI is InChI=1S/C19H23N5O3/c1-11(2)14-8-16(27-23-14)19(25)24-7-6-13-15(10-24)22-18(21-13)12-4-5-17(26-3)20-9-12/h4-5,9,11,16H,6-8,10H2,1-3H3,(H,21,22). The molecule has 0 fully saturated rings. The molecule has 0 aromatic carbocycles. The van der Waals surface area contributed by atoms with E-state index in [9.17, 15) is 4.79 Å². The van der Waals surface area contributed by atoms with Crippen LogP contribution in [0.15, 0.2) is 23.5 Å². The molecule has 0 aliphatic carbocycles. The summed E-state index contributed by atoms with van der Waals surface area (Å²) in [6.07, 6.45) is 2.51. The summed E-state index contributed by atoms with van der Waals surface area (Å²) in [5.41, 5.74) is 3.79. The number of aromatic nitrogens is 3. The molecule has 1 unspecified atom stereocenters. The van der Waals surface area contributed by atoms with Gasteiger partial charge in [-0.3, -0.25) is 4.79 Å². The van der Waals surface area contributed by atoms with Crippen molar-refractivity contribution >= 4 is 11.6 Å². The number of hydrogen-bond donors (Lipinski definition) is 1. The Morgan fingerprint density at radius 1 is 1.41 bits per heavy atom. The van der Waals surface area contributed by atoms with Crippen LogP contribution < -0.4 is 4.74 Å². The van der Waals surface area contributed by atoms with Crippen LogP contribution in [-0.4, -0.2) is 51.2 Å². The van der Waals surface area contributed by atoms with E-state index < -0.39 is 6.10 Å². The minimum absolute atomic E-state index is 0.0117. The maximum Gasteiger partial charge on any atom is 0.267 e. The molecule has 2 aliphatic rings. The van der Waals surface area contributed by atoms with E-state index >= 15 is 0 Å². The third kappa shape index (κ3) is 3.39. The number of hydrogen-bond acceptors (Lipinski definition) is 6. The highest BCUT2D eigenvalue weighted by Crippen LogP contribution is 2.25. The van der Waals surface area contributed by atoms with Crippen LogP contribution >= 0.6 is 0 Å². The van der Waals surface area contributed by atoms with Crippen molar-refractivity contribution in [2.75, 3.05) is 13.7 Å². The van der Waals surface area contributed by atoms with Crippen LogP contribution in [0.1, 0.15) is 31.7 Å². The van der Waals surface area contributed by atoms with Crippen molar-refractivity contribution < 1.29 is 14.4 Å². The zero-order chi connectivity index (χ0) is 19.0. The number of rotatable bonds is 4. The SMILES string of the molecule is COc1ccc(-c2nc3c([nH]2)CN(C(=O)C2CC(C(C)C)=NO2)CC3)cn1. The molecular formula is C19H23N5O3. The molecule has 2 aliphatic heterocycles. The van der Waals surface area contributed by atoms with E-state index in [0.29, 0.717) is 37.7 Å². The summed E-state index contributed by atoms with van der Waals surface area (Å²) in [4.78, 5) is 32.2. The van der Waals surface area contributed by atoms with Crippen molar-refractivity contribution in [3.8, 4) is 17.3 Å². The highest BCUT2D eigenvalue weighted by molar-refractivity contribution is 5.93. The number of carbonyl (C=O) groups is 1. The zero-order valence-corrected chi connectivity index (χ0v) is 15.7. The highest BCUT2D eigenvalue weighted by atomic mass is 16.6. The van der Waals surface area contributed by atoms with Crippen LogP contribution in [0.5, 0.6) is 5.88 Å². The maximum atomic E-state index is 12.8. The van der Waals surface area contributed by atoms with Crippen molar-refractivity contribution in [1.29, 1.82) is 0 Å². The van der Waals surface area contributed by atoms with Gasteiger partial charge in [0.2, 0.25) is 12.0 Å². The van der Waals surface area contributed by atoms with Crippen molar-refractivity contribution in [3.63, 3.8) is 0 Å². The molecule has 8 heteroatoms. The molecule has 0 saturated heterocycles. The van der Waals surface area contributed by atoms with Crippen molar-refractivity contribution in [3.05, 3.63) is 29.7 Å². The Hall–Kier alpha value is -2.90. The van der Waals surface area contributed by atoms with Crippen LogP contribution in [0.4, 0.5) is 0 Å². The van der Waals surface area contributed by atoms with Gasteiger partial charge in [0.15, 0.2) is 0 Å². The van der Waals surface area contributed by atoms with E-state index in [1.165, 1.54) is 0 Å². The van der Waals surface area contributed by atoms with Gasteiger partial charge in [0.1, 0.15) is 5.82 Å². The first-order valence-electron chi connectivity index (χ1n) is 9.14. The number of carbonyl (C=O) groups excluding carboxylic acids is 1. The molecule has 1 amide bonds. The van der Waals surface area contributed by atoms with Crippen LogP contribution in [0.2, 0.25) is 0 Å². The number of amides is 1. The first kappa shape index (κ1) is 17.5. The monoisotopic (exact) mass is 369 g/mol. The lowest BCUT2D eigenvalue weighted by Gasteiger charge is -2.27. The fraction of sp³-hybridized carbons (Fsp3) is 0.474. The molecule has 2 aromatic rings. The van der Waals surface area contributed by atoms with Crippen LogP contribution in [0.3, 0.4) is 0 Å². The number of imidazole rings is 1. The van der Waals surface area contributed by atoms with Crippen LogP contribution in [-0.2, 0) is 22.6 Å². The second kappa shape index (κ2) is 7.02. The number of methoxy groups -OCH3 is 1. The summed E-state index contributed by atoms with van der Waals surface area (Å²) in [6, 6.07) is 3.71. The normalized spacial score (nSPS) is 18.9. The Balaban J connectivity index is 1.45. The van der Waals surface area contributed by atoms with Gasteiger partial charge in [-0.05, 0) is 12.0 Å². The molecule has 27 heavy (non-hydrogen) atoms. The molecule has 1 N–H and O–H groups in total. The van der Waals surface area contributed by atoms with Crippen LogP contribution in [0, 0.1) is 5.92 Å². The summed E-state index contributed by atoms with van der Waals surface area (Å²) in [6.45, 7) is 5.25. The van der Waals surface area contributed by atoms with Gasteiger partial charge in [0.25, 0.3) is 5.91 Å². The van der Waals surface area contributed by atoms with E-state index in [2.05, 4.69) is 34.0 Å². The predicted octanol–water partition coefficient (Wildman–Crippen LogP) is 2.17. The van der Waals surface area contributed by atoms with Crippen molar-refractivity contribution in [2.45, 2.75) is 39.3 Å². The summed E-state index contributed by atoms with van der Waals surface area (Å²) in [5.74, 6) is 1.60. The number of H-pyrrole nitrogens is 1. The van der Waals surface area contributed by atoms with E-state index in [4.69, 9.17) is 9.57 Å². The highest BCUT2D eigenvalue weighted by Gasteiger charge is 2.34. The molecule has 142 valence electrons. The number of oxime groups is 1. The quantitative estimate of drug-likeness (QED) is 0.892. The molecule has 0 bridgehead atoms. The second-order valence-corrected chi connectivity index (χ2v) is 7.15. The number of nitrogens with one attached hydrogen (secondary N) is 1. The predicted molar refractivity (Wildman–Crippen MR) is 99.3 cm³/mol. The summed E-state index contributed by atoms with van der Waals surface area (Å²) >= 11 is 0. The van der Waals surface area contributed by atoms with Gasteiger partial charge >= 0.3 is 0 Å². The summed E-state index contributed by atoms with van der Waals surface area (Å²) in [5, 5.41) is 4.07. The average Bonchev–Trinajstić information content (AvgIpc) is 3.34. The smallest absolute Gasteiger partial charge is 0.267 e. The molecule has 4 heterocycles. The Morgan fingerprint density at radius 3 is 2.93 bits per heavy atom. The zero-order valence-electron chi connectivity index (χ0n) is 15.7. The lowest BCUT2D eigenvalue weighted by Crippen LogP contribution is -2.42. The van der Waals surface area contributed by atoms with Gasteiger partial charge in [-0.1, -0.05) is 19.0 Å². The third-order valence-corrected chi connectivity index (χ3v) is 5.00. The number of aromatic amines is 1. The maximum absolute atomic E-state index is 12.8. The average molecular weight is 369 g/mol. The fourth-order valence-electron chi connectivity index (χ4n) is 3.33. The Kier molecular flexibility index (Phi) is 4.55. The van der Waals surface area contributed by atoms with Gasteiger partial charge in [-0.2, -0.15) is 0 Å². The van der Waals surface area contributed by atoms with E-state index in [1.54, 1.807) is 19.4 Å². The third-order valence-electron chi connectivity index (χ3n) is 5.00. The molecule has 0 radical (unpaired) electrons. The first-order valence-corrected chi connectivity index (χ1v) is 9.14. The molecule has 0 saturated carbocycles.